The van der Waals surface area contributed by atoms with Crippen LogP contribution in [0.5, 0.6) is 0 Å². The average Bonchev–Trinajstić information content (AvgIpc) is 2.49. The molecule has 0 fully saturated rings. The monoisotopic (exact) mass is 324 g/mol. The van der Waals surface area contributed by atoms with E-state index in [1.165, 1.54) is 0 Å². The van der Waals surface area contributed by atoms with Crippen LogP contribution in [0.1, 0.15) is 37.3 Å². The first-order valence-corrected chi connectivity index (χ1v) is 9.44. The maximum Gasteiger partial charge on any atom is 0.227 e. The summed E-state index contributed by atoms with van der Waals surface area (Å²) in [5.74, 6) is 0.338. The zero-order valence-corrected chi connectivity index (χ0v) is 14.1. The van der Waals surface area contributed by atoms with Gasteiger partial charge in [-0.1, -0.05) is 25.5 Å². The van der Waals surface area contributed by atoms with Gasteiger partial charge >= 0.3 is 0 Å². The fourth-order valence-electron chi connectivity index (χ4n) is 2.62. The minimum absolute atomic E-state index is 0.143. The van der Waals surface area contributed by atoms with Gasteiger partial charge in [0.2, 0.25) is 15.9 Å². The Bertz CT molecular complexity index is 641. The lowest BCUT2D eigenvalue weighted by Crippen LogP contribution is -2.31. The summed E-state index contributed by atoms with van der Waals surface area (Å²) in [6, 6.07) is 6.00. The maximum absolute atomic E-state index is 11.7. The molecule has 0 radical (unpaired) electrons. The van der Waals surface area contributed by atoms with Gasteiger partial charge in [0, 0.05) is 25.7 Å². The van der Waals surface area contributed by atoms with E-state index in [9.17, 15) is 13.2 Å². The molecule has 0 unspecified atom stereocenters. The van der Waals surface area contributed by atoms with E-state index in [-0.39, 0.29) is 11.7 Å². The van der Waals surface area contributed by atoms with Crippen LogP contribution in [0, 0.1) is 0 Å². The Morgan fingerprint density at radius 2 is 2.05 bits per heavy atom. The molecule has 1 aliphatic rings. The number of unbranched alkanes of at least 4 members (excludes halogenated alkanes) is 1. The second kappa shape index (κ2) is 7.24. The molecule has 1 aliphatic heterocycles. The lowest BCUT2D eigenvalue weighted by molar-refractivity contribution is -0.118. The first kappa shape index (κ1) is 17.0. The van der Waals surface area contributed by atoms with E-state index in [1.54, 1.807) is 11.9 Å². The van der Waals surface area contributed by atoms with Gasteiger partial charge in [-0.3, -0.25) is 4.79 Å². The number of hydrogen-bond acceptors (Lipinski definition) is 3. The van der Waals surface area contributed by atoms with Crippen molar-refractivity contribution in [1.29, 1.82) is 0 Å². The highest BCUT2D eigenvalue weighted by Gasteiger charge is 2.20. The second-order valence-electron chi connectivity index (χ2n) is 5.73. The van der Waals surface area contributed by atoms with Gasteiger partial charge in [-0.05, 0) is 36.5 Å². The largest absolute Gasteiger partial charge is 0.315 e. The summed E-state index contributed by atoms with van der Waals surface area (Å²) in [6.07, 6.45) is 3.52. The van der Waals surface area contributed by atoms with Crippen LogP contribution in [0.25, 0.3) is 0 Å². The van der Waals surface area contributed by atoms with Gasteiger partial charge < -0.3 is 4.90 Å². The van der Waals surface area contributed by atoms with Crippen molar-refractivity contribution in [3.05, 3.63) is 29.3 Å². The van der Waals surface area contributed by atoms with Crippen LogP contribution in [0.4, 0.5) is 5.69 Å². The number of aryl methyl sites for hydroxylation is 1. The van der Waals surface area contributed by atoms with Gasteiger partial charge in [0.1, 0.15) is 0 Å². The molecule has 122 valence electrons. The third kappa shape index (κ3) is 4.30. The van der Waals surface area contributed by atoms with Crippen LogP contribution in [0.2, 0.25) is 0 Å². The van der Waals surface area contributed by atoms with Gasteiger partial charge in [-0.15, -0.1) is 0 Å². The Labute approximate surface area is 132 Å². The molecule has 0 spiro atoms. The predicted molar refractivity (Wildman–Crippen MR) is 88.6 cm³/mol. The lowest BCUT2D eigenvalue weighted by atomic mass is 9.98. The molecule has 0 aromatic heterocycles. The average molecular weight is 324 g/mol. The molecule has 1 aromatic rings. The first-order chi connectivity index (χ1) is 10.4. The summed E-state index contributed by atoms with van der Waals surface area (Å²) >= 11 is 0. The zero-order valence-electron chi connectivity index (χ0n) is 13.3. The molecule has 0 aliphatic carbocycles. The van der Waals surface area contributed by atoms with Crippen molar-refractivity contribution >= 4 is 21.6 Å². The van der Waals surface area contributed by atoms with E-state index >= 15 is 0 Å². The fourth-order valence-corrected chi connectivity index (χ4v) is 3.85. The smallest absolute Gasteiger partial charge is 0.227 e. The highest BCUT2D eigenvalue weighted by atomic mass is 32.2. The van der Waals surface area contributed by atoms with Crippen LogP contribution >= 0.6 is 0 Å². The van der Waals surface area contributed by atoms with E-state index < -0.39 is 10.0 Å². The Balaban J connectivity index is 1.94. The molecule has 0 saturated heterocycles. The molecule has 0 atom stereocenters. The third-order valence-electron chi connectivity index (χ3n) is 3.99. The molecule has 2 rings (SSSR count). The number of fused-ring (bicyclic) bond motifs is 1. The summed E-state index contributed by atoms with van der Waals surface area (Å²) in [5, 5.41) is 0. The SMILES string of the molecule is CCCCS(=O)(=O)NCCc1ccc2c(c1)CCC(=O)N2C. The van der Waals surface area contributed by atoms with Crippen molar-refractivity contribution in [2.75, 3.05) is 24.2 Å². The van der Waals surface area contributed by atoms with Crippen molar-refractivity contribution < 1.29 is 13.2 Å². The summed E-state index contributed by atoms with van der Waals surface area (Å²) in [6.45, 7) is 2.39. The van der Waals surface area contributed by atoms with Gasteiger partial charge in [0.15, 0.2) is 0 Å². The number of hydrogen-bond donors (Lipinski definition) is 1. The van der Waals surface area contributed by atoms with Crippen molar-refractivity contribution in [3.63, 3.8) is 0 Å². The molecule has 1 N–H and O–H groups in total. The van der Waals surface area contributed by atoms with Crippen molar-refractivity contribution in [3.8, 4) is 0 Å². The van der Waals surface area contributed by atoms with E-state index in [4.69, 9.17) is 0 Å². The van der Waals surface area contributed by atoms with Crippen molar-refractivity contribution in [2.45, 2.75) is 39.0 Å². The number of carbonyl (C=O) groups excluding carboxylic acids is 1. The van der Waals surface area contributed by atoms with Gasteiger partial charge in [0.05, 0.1) is 5.75 Å². The first-order valence-electron chi connectivity index (χ1n) is 7.78. The topological polar surface area (TPSA) is 66.5 Å². The van der Waals surface area contributed by atoms with Crippen molar-refractivity contribution in [1.82, 2.24) is 4.72 Å². The summed E-state index contributed by atoms with van der Waals surface area (Å²) in [5.41, 5.74) is 3.22. The second-order valence-corrected chi connectivity index (χ2v) is 7.66. The molecule has 22 heavy (non-hydrogen) atoms. The van der Waals surface area contributed by atoms with E-state index in [1.807, 2.05) is 19.1 Å². The Kier molecular flexibility index (Phi) is 5.58. The number of nitrogens with one attached hydrogen (secondary N) is 1. The number of amides is 1. The fraction of sp³-hybridized carbons (Fsp3) is 0.562. The number of nitrogens with zero attached hydrogens (tertiary/aromatic N) is 1. The number of carbonyl (C=O) groups is 1. The minimum Gasteiger partial charge on any atom is -0.315 e. The highest BCUT2D eigenvalue weighted by Crippen LogP contribution is 2.27. The van der Waals surface area contributed by atoms with Gasteiger partial charge in [-0.25, -0.2) is 13.1 Å². The van der Waals surface area contributed by atoms with E-state index in [0.29, 0.717) is 25.8 Å². The summed E-state index contributed by atoms with van der Waals surface area (Å²) in [7, 11) is -1.36. The number of rotatable bonds is 7. The molecule has 0 saturated carbocycles. The van der Waals surface area contributed by atoms with E-state index in [2.05, 4.69) is 10.8 Å². The molecular formula is C16H24N2O3S. The molecule has 1 aromatic carbocycles. The summed E-state index contributed by atoms with van der Waals surface area (Å²) in [4.78, 5) is 13.4. The standard InChI is InChI=1S/C16H24N2O3S/c1-3-4-11-22(20,21)17-10-9-13-5-7-15-14(12-13)6-8-16(19)18(15)2/h5,7,12,17H,3-4,6,8-11H2,1-2H3. The Morgan fingerprint density at radius 3 is 2.77 bits per heavy atom. The number of sulfonamides is 1. The normalized spacial score (nSPS) is 15.0. The van der Waals surface area contributed by atoms with Crippen LogP contribution in [0.3, 0.4) is 0 Å². The predicted octanol–water partition coefficient (Wildman–Crippen LogP) is 1.86. The van der Waals surface area contributed by atoms with Crippen LogP contribution in [-0.4, -0.2) is 33.7 Å². The zero-order chi connectivity index (χ0) is 16.2. The minimum atomic E-state index is -3.15. The number of benzene rings is 1. The van der Waals surface area contributed by atoms with Crippen molar-refractivity contribution in [2.24, 2.45) is 0 Å². The highest BCUT2D eigenvalue weighted by molar-refractivity contribution is 7.89. The summed E-state index contributed by atoms with van der Waals surface area (Å²) < 4.78 is 26.1. The van der Waals surface area contributed by atoms with E-state index in [0.717, 1.165) is 29.7 Å². The maximum atomic E-state index is 11.7. The van der Waals surface area contributed by atoms with Crippen LogP contribution < -0.4 is 9.62 Å². The number of anilines is 1. The lowest BCUT2D eigenvalue weighted by Gasteiger charge is -2.26. The van der Waals surface area contributed by atoms with Gasteiger partial charge in [0.25, 0.3) is 0 Å². The van der Waals surface area contributed by atoms with Crippen LogP contribution in [0.15, 0.2) is 18.2 Å². The Hall–Kier alpha value is -1.40. The van der Waals surface area contributed by atoms with Gasteiger partial charge in [-0.2, -0.15) is 0 Å². The third-order valence-corrected chi connectivity index (χ3v) is 5.46. The molecule has 0 bridgehead atoms. The molecule has 1 heterocycles. The molecule has 1 amide bonds. The molecule has 5 nitrogen and oxygen atoms in total. The van der Waals surface area contributed by atoms with Crippen LogP contribution in [-0.2, 0) is 27.7 Å². The Morgan fingerprint density at radius 1 is 1.27 bits per heavy atom. The molecular weight excluding hydrogens is 300 g/mol. The quantitative estimate of drug-likeness (QED) is 0.832. The molecule has 6 heteroatoms.